The third-order valence-electron chi connectivity index (χ3n) is 2.86. The van der Waals surface area contributed by atoms with Crippen LogP contribution in [0.4, 0.5) is 11.4 Å². The second kappa shape index (κ2) is 7.09. The molecule has 0 radical (unpaired) electrons. The number of benzene rings is 2. The van der Waals surface area contributed by atoms with Crippen LogP contribution in [0.2, 0.25) is 0 Å². The van der Waals surface area contributed by atoms with Gasteiger partial charge in [-0.3, -0.25) is 9.59 Å². The molecule has 0 spiro atoms. The van der Waals surface area contributed by atoms with Gasteiger partial charge in [0.15, 0.2) is 0 Å². The SMILES string of the molecule is NC(=O)CN(CC(=O)Nc1ccccc1)c1ccccc1. The first kappa shape index (κ1) is 14.6. The molecule has 0 aliphatic rings. The first-order valence-electron chi connectivity index (χ1n) is 6.58. The van der Waals surface area contributed by atoms with Crippen molar-refractivity contribution in [2.24, 2.45) is 5.73 Å². The average Bonchev–Trinajstić information content (AvgIpc) is 2.48. The maximum absolute atomic E-state index is 12.1. The molecule has 0 heterocycles. The van der Waals surface area contributed by atoms with Crippen molar-refractivity contribution < 1.29 is 9.59 Å². The Labute approximate surface area is 123 Å². The van der Waals surface area contributed by atoms with Gasteiger partial charge in [0.1, 0.15) is 0 Å². The van der Waals surface area contributed by atoms with Crippen molar-refractivity contribution in [3.05, 3.63) is 60.7 Å². The number of rotatable bonds is 6. The molecule has 2 aromatic carbocycles. The van der Waals surface area contributed by atoms with E-state index in [1.807, 2.05) is 48.5 Å². The predicted molar refractivity (Wildman–Crippen MR) is 82.9 cm³/mol. The third-order valence-corrected chi connectivity index (χ3v) is 2.86. The molecule has 0 aliphatic heterocycles. The molecule has 0 aromatic heterocycles. The highest BCUT2D eigenvalue weighted by molar-refractivity contribution is 5.95. The normalized spacial score (nSPS) is 9.90. The lowest BCUT2D eigenvalue weighted by atomic mass is 10.2. The number of para-hydroxylation sites is 2. The first-order valence-corrected chi connectivity index (χ1v) is 6.58. The monoisotopic (exact) mass is 283 g/mol. The van der Waals surface area contributed by atoms with Crippen molar-refractivity contribution in [2.75, 3.05) is 23.3 Å². The van der Waals surface area contributed by atoms with Crippen molar-refractivity contribution in [3.63, 3.8) is 0 Å². The van der Waals surface area contributed by atoms with Gasteiger partial charge in [0.05, 0.1) is 13.1 Å². The topological polar surface area (TPSA) is 75.4 Å². The summed E-state index contributed by atoms with van der Waals surface area (Å²) in [4.78, 5) is 24.9. The van der Waals surface area contributed by atoms with Gasteiger partial charge in [0.25, 0.3) is 0 Å². The number of nitrogens with zero attached hydrogens (tertiary/aromatic N) is 1. The molecule has 0 fully saturated rings. The van der Waals surface area contributed by atoms with E-state index >= 15 is 0 Å². The van der Waals surface area contributed by atoms with Gasteiger partial charge in [-0.05, 0) is 24.3 Å². The van der Waals surface area contributed by atoms with E-state index in [4.69, 9.17) is 5.73 Å². The number of amides is 2. The number of primary amides is 1. The number of carbonyl (C=O) groups excluding carboxylic acids is 2. The van der Waals surface area contributed by atoms with Crippen molar-refractivity contribution >= 4 is 23.2 Å². The van der Waals surface area contributed by atoms with Crippen molar-refractivity contribution in [1.29, 1.82) is 0 Å². The Morgan fingerprint density at radius 2 is 1.48 bits per heavy atom. The smallest absolute Gasteiger partial charge is 0.243 e. The second-order valence-electron chi connectivity index (χ2n) is 4.57. The van der Waals surface area contributed by atoms with Crippen LogP contribution in [0.15, 0.2) is 60.7 Å². The summed E-state index contributed by atoms with van der Waals surface area (Å²) >= 11 is 0. The van der Waals surface area contributed by atoms with Crippen LogP contribution >= 0.6 is 0 Å². The molecular formula is C16H17N3O2. The molecule has 3 N–H and O–H groups in total. The van der Waals surface area contributed by atoms with Crippen molar-refractivity contribution in [2.45, 2.75) is 0 Å². The highest BCUT2D eigenvalue weighted by Crippen LogP contribution is 2.13. The summed E-state index contributed by atoms with van der Waals surface area (Å²) in [5, 5.41) is 2.78. The minimum atomic E-state index is -0.480. The molecule has 5 nitrogen and oxygen atoms in total. The van der Waals surface area contributed by atoms with Crippen LogP contribution in [0.3, 0.4) is 0 Å². The van der Waals surface area contributed by atoms with E-state index < -0.39 is 5.91 Å². The van der Waals surface area contributed by atoms with E-state index in [9.17, 15) is 9.59 Å². The van der Waals surface area contributed by atoms with Crippen LogP contribution in [0.5, 0.6) is 0 Å². The molecule has 5 heteroatoms. The van der Waals surface area contributed by atoms with Crippen LogP contribution in [0, 0.1) is 0 Å². The van der Waals surface area contributed by atoms with Crippen LogP contribution in [-0.4, -0.2) is 24.9 Å². The Morgan fingerprint density at radius 3 is 2.05 bits per heavy atom. The highest BCUT2D eigenvalue weighted by Gasteiger charge is 2.13. The molecule has 2 aromatic rings. The van der Waals surface area contributed by atoms with Crippen molar-refractivity contribution in [3.8, 4) is 0 Å². The lowest BCUT2D eigenvalue weighted by Crippen LogP contribution is -2.39. The molecule has 108 valence electrons. The molecule has 0 aliphatic carbocycles. The van der Waals surface area contributed by atoms with Crippen LogP contribution < -0.4 is 16.0 Å². The Kier molecular flexibility index (Phi) is 4.93. The Morgan fingerprint density at radius 1 is 0.905 bits per heavy atom. The molecule has 0 saturated carbocycles. The van der Waals surface area contributed by atoms with E-state index in [2.05, 4.69) is 5.32 Å². The molecule has 0 bridgehead atoms. The summed E-state index contributed by atoms with van der Waals surface area (Å²) in [7, 11) is 0. The standard InChI is InChI=1S/C16H17N3O2/c17-15(20)11-19(14-9-5-2-6-10-14)12-16(21)18-13-7-3-1-4-8-13/h1-10H,11-12H2,(H2,17,20)(H,18,21). The van der Waals surface area contributed by atoms with E-state index in [-0.39, 0.29) is 19.0 Å². The number of nitrogens with one attached hydrogen (secondary N) is 1. The molecule has 0 unspecified atom stereocenters. The van der Waals surface area contributed by atoms with Gasteiger partial charge in [0, 0.05) is 11.4 Å². The number of nitrogens with two attached hydrogens (primary N) is 1. The summed E-state index contributed by atoms with van der Waals surface area (Å²) in [6.45, 7) is 0.0497. The molecule has 2 amide bonds. The fourth-order valence-corrected chi connectivity index (χ4v) is 1.96. The Balaban J connectivity index is 2.05. The van der Waals surface area contributed by atoms with Crippen molar-refractivity contribution in [1.82, 2.24) is 0 Å². The second-order valence-corrected chi connectivity index (χ2v) is 4.57. The molecule has 0 atom stereocenters. The fourth-order valence-electron chi connectivity index (χ4n) is 1.96. The maximum Gasteiger partial charge on any atom is 0.243 e. The summed E-state index contributed by atoms with van der Waals surface area (Å²) in [5.74, 6) is -0.683. The highest BCUT2D eigenvalue weighted by atomic mass is 16.2. The molecule has 2 rings (SSSR count). The number of hydrogen-bond acceptors (Lipinski definition) is 3. The van der Waals surface area contributed by atoms with Crippen LogP contribution in [0.1, 0.15) is 0 Å². The van der Waals surface area contributed by atoms with Gasteiger partial charge in [-0.25, -0.2) is 0 Å². The molecular weight excluding hydrogens is 266 g/mol. The van der Waals surface area contributed by atoms with E-state index in [0.717, 1.165) is 11.4 Å². The minimum absolute atomic E-state index is 0.00772. The van der Waals surface area contributed by atoms with Gasteiger partial charge < -0.3 is 16.0 Å². The minimum Gasteiger partial charge on any atom is -0.368 e. The summed E-state index contributed by atoms with van der Waals surface area (Å²) in [5.41, 5.74) is 6.74. The fraction of sp³-hybridized carbons (Fsp3) is 0.125. The van der Waals surface area contributed by atoms with Gasteiger partial charge in [-0.1, -0.05) is 36.4 Å². The van der Waals surface area contributed by atoms with Gasteiger partial charge >= 0.3 is 0 Å². The number of anilines is 2. The largest absolute Gasteiger partial charge is 0.368 e. The average molecular weight is 283 g/mol. The van der Waals surface area contributed by atoms with E-state index in [1.165, 1.54) is 0 Å². The third kappa shape index (κ3) is 4.65. The zero-order valence-corrected chi connectivity index (χ0v) is 11.5. The van der Waals surface area contributed by atoms with Crippen LogP contribution in [0.25, 0.3) is 0 Å². The molecule has 0 saturated heterocycles. The lowest BCUT2D eigenvalue weighted by Gasteiger charge is -2.22. The van der Waals surface area contributed by atoms with Gasteiger partial charge in [-0.2, -0.15) is 0 Å². The quantitative estimate of drug-likeness (QED) is 0.846. The lowest BCUT2D eigenvalue weighted by molar-refractivity contribution is -0.116. The summed E-state index contributed by atoms with van der Waals surface area (Å²) < 4.78 is 0. The molecule has 21 heavy (non-hydrogen) atoms. The predicted octanol–water partition coefficient (Wildman–Crippen LogP) is 1.62. The van der Waals surface area contributed by atoms with Crippen LogP contribution in [-0.2, 0) is 9.59 Å². The summed E-state index contributed by atoms with van der Waals surface area (Å²) in [6, 6.07) is 18.4. The first-order chi connectivity index (χ1) is 10.1. The zero-order chi connectivity index (χ0) is 15.1. The number of hydrogen-bond donors (Lipinski definition) is 2. The zero-order valence-electron chi connectivity index (χ0n) is 11.5. The number of carbonyl (C=O) groups is 2. The van der Waals surface area contributed by atoms with Gasteiger partial charge in [0.2, 0.25) is 11.8 Å². The van der Waals surface area contributed by atoms with Gasteiger partial charge in [-0.15, -0.1) is 0 Å². The summed E-state index contributed by atoms with van der Waals surface area (Å²) in [6.07, 6.45) is 0. The maximum atomic E-state index is 12.1. The van der Waals surface area contributed by atoms with E-state index in [0.29, 0.717) is 0 Å². The Bertz CT molecular complexity index is 599. The van der Waals surface area contributed by atoms with E-state index in [1.54, 1.807) is 17.0 Å². The Hall–Kier alpha value is -2.82.